The molecule has 0 saturated heterocycles. The second-order valence-electron chi connectivity index (χ2n) is 8.94. The van der Waals surface area contributed by atoms with Gasteiger partial charge in [-0.3, -0.25) is 10.3 Å². The van der Waals surface area contributed by atoms with Gasteiger partial charge in [-0.2, -0.15) is 0 Å². The van der Waals surface area contributed by atoms with Crippen LogP contribution in [-0.2, 0) is 9.53 Å². The van der Waals surface area contributed by atoms with Gasteiger partial charge in [0.1, 0.15) is 6.23 Å². The zero-order valence-electron chi connectivity index (χ0n) is 20.4. The number of hydrogen-bond acceptors (Lipinski definition) is 7. The van der Waals surface area contributed by atoms with Crippen molar-refractivity contribution in [3.63, 3.8) is 0 Å². The van der Waals surface area contributed by atoms with E-state index in [0.717, 1.165) is 28.3 Å². The first-order valence-corrected chi connectivity index (χ1v) is 11.3. The Kier molecular flexibility index (Phi) is 10.8. The molecule has 0 saturated carbocycles. The molecule has 8 heteroatoms. The van der Waals surface area contributed by atoms with Gasteiger partial charge in [0.25, 0.3) is 0 Å². The van der Waals surface area contributed by atoms with Crippen molar-refractivity contribution in [1.82, 2.24) is 10.6 Å². The van der Waals surface area contributed by atoms with Crippen molar-refractivity contribution in [2.45, 2.75) is 45.4 Å². The van der Waals surface area contributed by atoms with Crippen molar-refractivity contribution in [2.75, 3.05) is 6.54 Å². The number of benzene rings is 1. The van der Waals surface area contributed by atoms with E-state index in [1.165, 1.54) is 12.3 Å². The molecular formula is C27H35N3O5. The Hall–Kier alpha value is -3.30. The number of aliphatic hydroxyl groups is 2. The van der Waals surface area contributed by atoms with Crippen molar-refractivity contribution < 1.29 is 24.9 Å². The van der Waals surface area contributed by atoms with Crippen molar-refractivity contribution in [3.05, 3.63) is 84.2 Å². The van der Waals surface area contributed by atoms with E-state index < -0.39 is 24.2 Å². The van der Waals surface area contributed by atoms with Crippen LogP contribution < -0.4 is 10.6 Å². The highest BCUT2D eigenvalue weighted by molar-refractivity contribution is 5.85. The Bertz CT molecular complexity index is 1020. The van der Waals surface area contributed by atoms with Crippen LogP contribution in [0.1, 0.15) is 38.3 Å². The number of allylic oxidation sites excluding steroid dienone is 2. The number of carbonyl (C=O) groups is 1. The Balaban J connectivity index is 2.27. The van der Waals surface area contributed by atoms with Gasteiger partial charge in [0.15, 0.2) is 0 Å². The van der Waals surface area contributed by atoms with Crippen LogP contribution in [0.25, 0.3) is 11.6 Å². The molecule has 3 unspecified atom stereocenters. The molecule has 8 nitrogen and oxygen atoms in total. The predicted molar refractivity (Wildman–Crippen MR) is 139 cm³/mol. The van der Waals surface area contributed by atoms with Gasteiger partial charge >= 0.3 is 5.97 Å². The molecule has 0 spiro atoms. The minimum atomic E-state index is -1.14. The van der Waals surface area contributed by atoms with Crippen LogP contribution in [0.2, 0.25) is 0 Å². The number of carboxylic acid groups (broad SMARTS) is 1. The lowest BCUT2D eigenvalue weighted by molar-refractivity contribution is -0.180. The first-order valence-electron chi connectivity index (χ1n) is 11.3. The Morgan fingerprint density at radius 3 is 2.80 bits per heavy atom. The minimum Gasteiger partial charge on any atom is -0.478 e. The number of aliphatic imine (C=N–C) groups is 1. The summed E-state index contributed by atoms with van der Waals surface area (Å²) < 4.78 is 5.53. The number of nitrogens with one attached hydrogen (secondary N) is 2. The van der Waals surface area contributed by atoms with Gasteiger partial charge < -0.3 is 25.4 Å². The fourth-order valence-corrected chi connectivity index (χ4v) is 3.46. The van der Waals surface area contributed by atoms with Gasteiger partial charge in [-0.1, -0.05) is 36.9 Å². The van der Waals surface area contributed by atoms with Crippen molar-refractivity contribution in [2.24, 2.45) is 10.9 Å². The molecule has 1 aliphatic rings. The largest absolute Gasteiger partial charge is 0.478 e. The van der Waals surface area contributed by atoms with Crippen LogP contribution >= 0.6 is 0 Å². The summed E-state index contributed by atoms with van der Waals surface area (Å²) in [6.07, 6.45) is 11.3. The molecule has 35 heavy (non-hydrogen) atoms. The summed E-state index contributed by atoms with van der Waals surface area (Å²) in [6.45, 7) is 9.41. The third kappa shape index (κ3) is 10.2. The zero-order valence-corrected chi connectivity index (χ0v) is 20.4. The Labute approximate surface area is 206 Å². The molecule has 0 fully saturated rings. The SMILES string of the molecule is C=C/N=C\C=C\NC(O)C1C=CC(CNC(O)OC(C)(C)C)=C(c2cccc(/C=C/C(=O)O)c2)C1. The van der Waals surface area contributed by atoms with Crippen molar-refractivity contribution in [1.29, 1.82) is 0 Å². The molecule has 0 radical (unpaired) electrons. The maximum absolute atomic E-state index is 10.9. The third-order valence-corrected chi connectivity index (χ3v) is 5.00. The normalized spacial score (nSPS) is 18.5. The van der Waals surface area contributed by atoms with Crippen LogP contribution in [0.5, 0.6) is 0 Å². The lowest BCUT2D eigenvalue weighted by Gasteiger charge is -2.28. The first-order chi connectivity index (χ1) is 16.6. The quantitative estimate of drug-likeness (QED) is 0.176. The molecule has 0 aromatic heterocycles. The standard InChI is InChI=1S/C27H35N3O5/c1-5-28-14-7-15-29-25(33)21-11-12-22(18-30-26(34)35-27(2,3)4)23(17-21)20-9-6-8-19(16-20)10-13-24(31)32/h5-16,21,25-26,29-30,33-34H,1,17-18H2,2-4H3,(H,31,32)/b13-10+,15-7+,28-14-. The molecular weight excluding hydrogens is 446 g/mol. The number of carboxylic acids is 1. The summed E-state index contributed by atoms with van der Waals surface area (Å²) in [5.41, 5.74) is 3.03. The number of rotatable bonds is 12. The molecule has 188 valence electrons. The monoisotopic (exact) mass is 481 g/mol. The second-order valence-corrected chi connectivity index (χ2v) is 8.94. The summed E-state index contributed by atoms with van der Waals surface area (Å²) in [7, 11) is 0. The molecule has 2 rings (SSSR count). The average Bonchev–Trinajstić information content (AvgIpc) is 2.80. The molecule has 3 atom stereocenters. The van der Waals surface area contributed by atoms with Gasteiger partial charge in [-0.15, -0.1) is 0 Å². The van der Waals surface area contributed by atoms with Gasteiger partial charge in [0, 0.05) is 37.2 Å². The van der Waals surface area contributed by atoms with Gasteiger partial charge in [0.05, 0.1) is 5.60 Å². The highest BCUT2D eigenvalue weighted by atomic mass is 16.6. The fourth-order valence-electron chi connectivity index (χ4n) is 3.46. The lowest BCUT2D eigenvalue weighted by atomic mass is 9.84. The van der Waals surface area contributed by atoms with Crippen LogP contribution in [0.3, 0.4) is 0 Å². The highest BCUT2D eigenvalue weighted by Gasteiger charge is 2.24. The van der Waals surface area contributed by atoms with Crippen LogP contribution in [0, 0.1) is 5.92 Å². The molecule has 0 heterocycles. The Morgan fingerprint density at radius 1 is 1.34 bits per heavy atom. The van der Waals surface area contributed by atoms with E-state index in [4.69, 9.17) is 9.84 Å². The smallest absolute Gasteiger partial charge is 0.328 e. The Morgan fingerprint density at radius 2 is 2.11 bits per heavy atom. The third-order valence-electron chi connectivity index (χ3n) is 5.00. The van der Waals surface area contributed by atoms with Crippen LogP contribution in [0.4, 0.5) is 0 Å². The van der Waals surface area contributed by atoms with Crippen LogP contribution in [0.15, 0.2) is 78.1 Å². The summed E-state index contributed by atoms with van der Waals surface area (Å²) in [5.74, 6) is -1.24. The highest BCUT2D eigenvalue weighted by Crippen LogP contribution is 2.33. The van der Waals surface area contributed by atoms with E-state index in [9.17, 15) is 15.0 Å². The first kappa shape index (κ1) is 27.9. The maximum Gasteiger partial charge on any atom is 0.328 e. The second kappa shape index (κ2) is 13.6. The van der Waals surface area contributed by atoms with Crippen molar-refractivity contribution >= 4 is 23.8 Å². The van der Waals surface area contributed by atoms with E-state index in [-0.39, 0.29) is 5.92 Å². The number of ether oxygens (including phenoxy) is 1. The van der Waals surface area contributed by atoms with Gasteiger partial charge in [-0.05, 0) is 67.7 Å². The number of hydrogen-bond donors (Lipinski definition) is 5. The van der Waals surface area contributed by atoms with E-state index >= 15 is 0 Å². The molecule has 5 N–H and O–H groups in total. The molecule has 0 aliphatic heterocycles. The van der Waals surface area contributed by atoms with Crippen LogP contribution in [-0.4, -0.2) is 52.3 Å². The average molecular weight is 482 g/mol. The zero-order chi connectivity index (χ0) is 25.8. The van der Waals surface area contributed by atoms with Gasteiger partial charge in [-0.25, -0.2) is 4.79 Å². The summed E-state index contributed by atoms with van der Waals surface area (Å²) in [5, 5.41) is 35.8. The predicted octanol–water partition coefficient (Wildman–Crippen LogP) is 3.43. The fraction of sp³-hybridized carbons (Fsp3) is 0.333. The minimum absolute atomic E-state index is 0.219. The summed E-state index contributed by atoms with van der Waals surface area (Å²) in [4.78, 5) is 14.8. The van der Waals surface area contributed by atoms with E-state index in [1.807, 2.05) is 57.2 Å². The maximum atomic E-state index is 10.9. The topological polar surface area (TPSA) is 123 Å². The molecule has 1 aromatic rings. The summed E-state index contributed by atoms with van der Waals surface area (Å²) >= 11 is 0. The number of aliphatic hydroxyl groups excluding tert-OH is 2. The number of aliphatic carboxylic acids is 1. The van der Waals surface area contributed by atoms with E-state index in [1.54, 1.807) is 18.5 Å². The van der Waals surface area contributed by atoms with E-state index in [0.29, 0.717) is 13.0 Å². The molecule has 1 aromatic carbocycles. The lowest BCUT2D eigenvalue weighted by Crippen LogP contribution is -2.39. The number of nitrogens with zero attached hydrogens (tertiary/aromatic N) is 1. The van der Waals surface area contributed by atoms with Gasteiger partial charge in [0.2, 0.25) is 6.41 Å². The van der Waals surface area contributed by atoms with Crippen molar-refractivity contribution in [3.8, 4) is 0 Å². The van der Waals surface area contributed by atoms with E-state index in [2.05, 4.69) is 22.2 Å². The molecule has 0 amide bonds. The molecule has 1 aliphatic carbocycles. The molecule has 0 bridgehead atoms. The summed E-state index contributed by atoms with van der Waals surface area (Å²) in [6, 6.07) is 7.52.